The zero-order valence-corrected chi connectivity index (χ0v) is 14.0. The van der Waals surface area contributed by atoms with Crippen molar-refractivity contribution in [2.45, 2.75) is 24.6 Å². The minimum absolute atomic E-state index is 0.0422. The Bertz CT molecular complexity index is 922. The van der Waals surface area contributed by atoms with Gasteiger partial charge in [0.2, 0.25) is 5.91 Å². The van der Waals surface area contributed by atoms with Crippen LogP contribution in [0.3, 0.4) is 0 Å². The van der Waals surface area contributed by atoms with Crippen LogP contribution in [0.15, 0.2) is 42.1 Å². The summed E-state index contributed by atoms with van der Waals surface area (Å²) in [6.45, 7) is 0.286. The van der Waals surface area contributed by atoms with Gasteiger partial charge in [-0.3, -0.25) is 9.69 Å². The van der Waals surface area contributed by atoms with E-state index in [4.69, 9.17) is 5.73 Å². The summed E-state index contributed by atoms with van der Waals surface area (Å²) >= 11 is 1.49. The summed E-state index contributed by atoms with van der Waals surface area (Å²) in [5.41, 5.74) is 8.12. The van der Waals surface area contributed by atoms with Crippen molar-refractivity contribution in [1.82, 2.24) is 9.30 Å². The first kappa shape index (κ1) is 16.1. The number of carbonyl (C=O) groups is 2. The normalized spacial score (nSPS) is 23.0. The Morgan fingerprint density at radius 3 is 2.96 bits per heavy atom. The van der Waals surface area contributed by atoms with Gasteiger partial charge in [-0.1, -0.05) is 0 Å². The maximum absolute atomic E-state index is 12.0. The third-order valence-corrected chi connectivity index (χ3v) is 5.95. The quantitative estimate of drug-likeness (QED) is 0.490. The molecule has 2 aromatic heterocycles. The number of fused-ring (bicyclic) bond motifs is 2. The highest BCUT2D eigenvalue weighted by molar-refractivity contribution is 8.00. The predicted octanol–water partition coefficient (Wildman–Crippen LogP) is -0.700. The maximum Gasteiger partial charge on any atom is 0.352 e. The lowest BCUT2D eigenvalue weighted by molar-refractivity contribution is -0.688. The van der Waals surface area contributed by atoms with E-state index in [0.29, 0.717) is 17.9 Å². The number of carboxylic acids is 1. The Morgan fingerprint density at radius 1 is 1.44 bits per heavy atom. The molecule has 0 radical (unpaired) electrons. The van der Waals surface area contributed by atoms with Crippen LogP contribution in [0, 0.1) is 0 Å². The van der Waals surface area contributed by atoms with Gasteiger partial charge in [0.15, 0.2) is 18.9 Å². The van der Waals surface area contributed by atoms with Crippen molar-refractivity contribution in [3.63, 3.8) is 0 Å². The fourth-order valence-electron chi connectivity index (χ4n) is 3.29. The molecule has 8 nitrogen and oxygen atoms in total. The number of aliphatic hydroxyl groups excluding tert-OH is 1. The zero-order chi connectivity index (χ0) is 17.7. The molecule has 0 aromatic carbocycles. The third kappa shape index (κ3) is 2.43. The lowest BCUT2D eigenvalue weighted by Gasteiger charge is -2.47. The molecule has 0 bridgehead atoms. The second-order valence-corrected chi connectivity index (χ2v) is 7.19. The Morgan fingerprint density at radius 2 is 2.24 bits per heavy atom. The number of amides is 1. The molecule has 25 heavy (non-hydrogen) atoms. The van der Waals surface area contributed by atoms with Gasteiger partial charge < -0.3 is 20.3 Å². The van der Waals surface area contributed by atoms with E-state index in [-0.39, 0.29) is 23.6 Å². The molecular formula is C16H17N4O4S+. The molecule has 1 fully saturated rings. The average molecular weight is 361 g/mol. The van der Waals surface area contributed by atoms with E-state index in [1.165, 1.54) is 16.7 Å². The number of β-lactam (4-membered cyclic amide) rings is 1. The summed E-state index contributed by atoms with van der Waals surface area (Å²) in [7, 11) is 0. The number of carbonyl (C=O) groups excluding carboxylic acids is 1. The molecular weight excluding hydrogens is 344 g/mol. The number of aliphatic carboxylic acids is 1. The number of hydrogen-bond donors (Lipinski definition) is 3. The minimum atomic E-state index is -1.11. The van der Waals surface area contributed by atoms with Crippen LogP contribution < -0.4 is 10.3 Å². The molecule has 4 heterocycles. The molecule has 1 amide bonds. The Hall–Kier alpha value is -2.36. The summed E-state index contributed by atoms with van der Waals surface area (Å²) in [5.74, 6) is -0.946. The first-order chi connectivity index (χ1) is 12.0. The van der Waals surface area contributed by atoms with Crippen LogP contribution in [-0.2, 0) is 22.7 Å². The highest BCUT2D eigenvalue weighted by Gasteiger charge is 2.52. The lowest BCUT2D eigenvalue weighted by Crippen LogP contribution is -2.68. The van der Waals surface area contributed by atoms with Crippen LogP contribution in [0.2, 0.25) is 0 Å². The summed E-state index contributed by atoms with van der Waals surface area (Å²) in [6, 6.07) is 1.21. The van der Waals surface area contributed by atoms with Crippen molar-refractivity contribution in [2.75, 3.05) is 5.75 Å². The molecule has 130 valence electrons. The predicted molar refractivity (Wildman–Crippen MR) is 89.2 cm³/mol. The number of thioether (sulfide) groups is 1. The first-order valence-corrected chi connectivity index (χ1v) is 8.81. The van der Waals surface area contributed by atoms with E-state index in [0.717, 1.165) is 11.1 Å². The molecule has 4 N–H and O–H groups in total. The monoisotopic (exact) mass is 361 g/mol. The second kappa shape index (κ2) is 5.87. The van der Waals surface area contributed by atoms with Gasteiger partial charge in [-0.25, -0.2) is 4.79 Å². The molecule has 9 heteroatoms. The highest BCUT2D eigenvalue weighted by atomic mass is 32.2. The molecule has 0 aliphatic carbocycles. The summed E-state index contributed by atoms with van der Waals surface area (Å²) in [4.78, 5) is 25.0. The largest absolute Gasteiger partial charge is 0.477 e. The number of hydrogen-bond acceptors (Lipinski definition) is 5. The highest BCUT2D eigenvalue weighted by Crippen LogP contribution is 2.39. The van der Waals surface area contributed by atoms with Gasteiger partial charge >= 0.3 is 5.97 Å². The topological polar surface area (TPSA) is 112 Å². The SMILES string of the molecule is NC1C(=O)N2C(C(=O)O)=C(C[n+]3ccn4ccc(CO)c4c3)CS[C@H]12. The first-order valence-electron chi connectivity index (χ1n) is 7.76. The summed E-state index contributed by atoms with van der Waals surface area (Å²) in [5, 5.41) is 18.7. The van der Waals surface area contributed by atoms with E-state index in [1.807, 2.05) is 39.8 Å². The van der Waals surface area contributed by atoms with E-state index < -0.39 is 12.0 Å². The van der Waals surface area contributed by atoms with Gasteiger partial charge in [0, 0.05) is 23.1 Å². The summed E-state index contributed by atoms with van der Waals surface area (Å²) in [6.07, 6.45) is 7.40. The smallest absolute Gasteiger partial charge is 0.352 e. The van der Waals surface area contributed by atoms with Gasteiger partial charge in [0.05, 0.1) is 12.8 Å². The van der Waals surface area contributed by atoms with Crippen LogP contribution in [0.5, 0.6) is 0 Å². The molecule has 2 aliphatic heterocycles. The molecule has 2 aromatic rings. The third-order valence-electron chi connectivity index (χ3n) is 4.59. The van der Waals surface area contributed by atoms with E-state index in [2.05, 4.69) is 0 Å². The Kier molecular flexibility index (Phi) is 3.78. The van der Waals surface area contributed by atoms with E-state index in [9.17, 15) is 19.8 Å². The van der Waals surface area contributed by atoms with Crippen molar-refractivity contribution < 1.29 is 24.4 Å². The Balaban J connectivity index is 1.71. The maximum atomic E-state index is 12.0. The van der Waals surface area contributed by atoms with Gasteiger partial charge in [-0.05, 0) is 6.07 Å². The van der Waals surface area contributed by atoms with Crippen molar-refractivity contribution in [1.29, 1.82) is 0 Å². The lowest BCUT2D eigenvalue weighted by atomic mass is 10.0. The van der Waals surface area contributed by atoms with Crippen molar-refractivity contribution in [2.24, 2.45) is 5.73 Å². The van der Waals surface area contributed by atoms with Crippen molar-refractivity contribution in [3.05, 3.63) is 47.7 Å². The van der Waals surface area contributed by atoms with Crippen LogP contribution in [0.1, 0.15) is 5.56 Å². The van der Waals surface area contributed by atoms with Crippen molar-refractivity contribution in [3.8, 4) is 0 Å². The molecule has 0 spiro atoms. The number of aromatic nitrogens is 2. The zero-order valence-electron chi connectivity index (χ0n) is 13.2. The van der Waals surface area contributed by atoms with Crippen LogP contribution in [0.25, 0.3) is 5.52 Å². The fraction of sp³-hybridized carbons (Fsp3) is 0.312. The number of rotatable bonds is 4. The molecule has 1 saturated heterocycles. The van der Waals surface area contributed by atoms with Gasteiger partial charge in [0.25, 0.3) is 0 Å². The van der Waals surface area contributed by atoms with Crippen LogP contribution in [0.4, 0.5) is 0 Å². The molecule has 4 rings (SSSR count). The summed E-state index contributed by atoms with van der Waals surface area (Å²) < 4.78 is 3.75. The fourth-order valence-corrected chi connectivity index (χ4v) is 4.57. The van der Waals surface area contributed by atoms with Gasteiger partial charge in [-0.15, -0.1) is 11.8 Å². The number of aliphatic hydroxyl groups is 1. The second-order valence-electron chi connectivity index (χ2n) is 6.08. The van der Waals surface area contributed by atoms with Crippen molar-refractivity contribution >= 4 is 29.2 Å². The molecule has 2 atom stereocenters. The minimum Gasteiger partial charge on any atom is -0.477 e. The number of carboxylic acid groups (broad SMARTS) is 1. The van der Waals surface area contributed by atoms with Gasteiger partial charge in [-0.2, -0.15) is 4.57 Å². The van der Waals surface area contributed by atoms with E-state index >= 15 is 0 Å². The van der Waals surface area contributed by atoms with Crippen LogP contribution >= 0.6 is 11.8 Å². The molecule has 0 saturated carbocycles. The molecule has 2 aliphatic rings. The average Bonchev–Trinajstić information content (AvgIpc) is 3.02. The van der Waals surface area contributed by atoms with E-state index in [1.54, 1.807) is 0 Å². The number of nitrogens with zero attached hydrogens (tertiary/aromatic N) is 3. The van der Waals surface area contributed by atoms with Crippen LogP contribution in [-0.4, -0.2) is 48.6 Å². The Labute approximate surface area is 147 Å². The molecule has 1 unspecified atom stereocenters. The standard InChI is InChI=1S/C16H16N4O4S/c17-12-14(22)20-13(16(23)24)10(8-25-15(12)20)5-18-3-4-19-2-1-9(7-21)11(19)6-18/h1-4,6,12,15,21H,5,7-8,17H2/p+1/t12?,15-/m1/s1. The number of nitrogens with two attached hydrogens (primary N) is 1. The van der Waals surface area contributed by atoms with Gasteiger partial charge in [0.1, 0.15) is 22.6 Å².